The Morgan fingerprint density at radius 2 is 2.71 bits per heavy atom. The quantitative estimate of drug-likeness (QED) is 0.429. The predicted molar refractivity (Wildman–Crippen MR) is 22.9 cm³/mol. The molecule has 2 rings (SSSR count). The Hall–Kier alpha value is -0.990. The minimum absolute atomic E-state index is 0.0613. The van der Waals surface area contributed by atoms with Gasteiger partial charge < -0.3 is 0 Å². The molecule has 0 aromatic carbocycles. The summed E-state index contributed by atoms with van der Waals surface area (Å²) < 4.78 is 0. The molecule has 0 aromatic rings. The fourth-order valence-electron chi connectivity index (χ4n) is 0.722. The van der Waals surface area contributed by atoms with E-state index in [2.05, 4.69) is 5.43 Å². The number of nitrogens with zero attached hydrogens (tertiary/aromatic N) is 1. The fraction of sp³-hybridized carbons (Fsp3) is 0.250. The van der Waals surface area contributed by atoms with Gasteiger partial charge in [0, 0.05) is 0 Å². The van der Waals surface area contributed by atoms with Gasteiger partial charge in [-0.25, -0.2) is 0 Å². The van der Waals surface area contributed by atoms with Crippen molar-refractivity contribution >= 4 is 5.91 Å². The van der Waals surface area contributed by atoms with E-state index < -0.39 is 0 Å². The van der Waals surface area contributed by atoms with Crippen LogP contribution in [0.15, 0.2) is 11.8 Å². The number of nitrogens with one attached hydrogen (secondary N) is 1. The van der Waals surface area contributed by atoms with E-state index in [1.807, 2.05) is 11.1 Å². The Labute approximate surface area is 40.6 Å². The molecule has 1 amide bonds. The summed E-state index contributed by atoms with van der Waals surface area (Å²) in [5.74, 6) is 0.0613. The van der Waals surface area contributed by atoms with Crippen molar-refractivity contribution in [3.8, 4) is 0 Å². The Balaban J connectivity index is 2.37. The van der Waals surface area contributed by atoms with Gasteiger partial charge >= 0.3 is 0 Å². The van der Waals surface area contributed by atoms with Crippen molar-refractivity contribution in [2.75, 3.05) is 6.54 Å². The molecule has 0 unspecified atom stereocenters. The fourth-order valence-corrected chi connectivity index (χ4v) is 0.722. The molecule has 0 aliphatic carbocycles. The van der Waals surface area contributed by atoms with E-state index in [1.165, 1.54) is 0 Å². The van der Waals surface area contributed by atoms with Crippen LogP contribution in [0.3, 0.4) is 0 Å². The number of rotatable bonds is 0. The summed E-state index contributed by atoms with van der Waals surface area (Å²) in [5, 5.41) is 1.81. The van der Waals surface area contributed by atoms with Crippen molar-refractivity contribution < 1.29 is 4.79 Å². The molecular weight excluding hydrogens is 92.1 g/mol. The summed E-state index contributed by atoms with van der Waals surface area (Å²) in [6, 6.07) is 0. The smallest absolute Gasteiger partial charge is 0.276 e. The standard InChI is InChI=1S/C4H4N2O/c7-4-3-1-2-6(3)5-4/h1H,2H2,(H,5,7). The van der Waals surface area contributed by atoms with Crippen LogP contribution in [0.4, 0.5) is 0 Å². The molecule has 1 N–H and O–H groups in total. The molecule has 0 bridgehead atoms. The van der Waals surface area contributed by atoms with Crippen molar-refractivity contribution in [3.63, 3.8) is 0 Å². The van der Waals surface area contributed by atoms with Gasteiger partial charge in [-0.1, -0.05) is 0 Å². The van der Waals surface area contributed by atoms with Crippen molar-refractivity contribution in [2.45, 2.75) is 0 Å². The number of fused-ring (bicyclic) bond motifs is 1. The lowest BCUT2D eigenvalue weighted by Gasteiger charge is -2.41. The van der Waals surface area contributed by atoms with E-state index in [1.54, 1.807) is 0 Å². The molecule has 36 valence electrons. The van der Waals surface area contributed by atoms with Gasteiger partial charge in [0.25, 0.3) is 5.91 Å². The van der Waals surface area contributed by atoms with Crippen LogP contribution < -0.4 is 5.43 Å². The normalized spacial score (nSPS) is 23.7. The first-order valence-corrected chi connectivity index (χ1v) is 2.16. The van der Waals surface area contributed by atoms with Gasteiger partial charge in [0.15, 0.2) is 0 Å². The van der Waals surface area contributed by atoms with Crippen LogP contribution in [0.1, 0.15) is 0 Å². The lowest BCUT2D eigenvalue weighted by molar-refractivity contribution is -0.133. The number of carbonyl (C=O) groups is 1. The number of hydrazine groups is 1. The second kappa shape index (κ2) is 0.665. The molecular formula is C4H4N2O. The van der Waals surface area contributed by atoms with E-state index in [-0.39, 0.29) is 5.91 Å². The van der Waals surface area contributed by atoms with Crippen LogP contribution in [0.2, 0.25) is 0 Å². The van der Waals surface area contributed by atoms with Gasteiger partial charge in [0.05, 0.1) is 6.54 Å². The van der Waals surface area contributed by atoms with Crippen LogP contribution in [0.5, 0.6) is 0 Å². The first kappa shape index (κ1) is 3.07. The highest BCUT2D eigenvalue weighted by Gasteiger charge is 2.34. The zero-order valence-corrected chi connectivity index (χ0v) is 3.64. The summed E-state index contributed by atoms with van der Waals surface area (Å²) in [4.78, 5) is 10.3. The molecule has 0 atom stereocenters. The van der Waals surface area contributed by atoms with E-state index >= 15 is 0 Å². The Morgan fingerprint density at radius 3 is 2.71 bits per heavy atom. The first-order chi connectivity index (χ1) is 3.38. The molecule has 2 aliphatic heterocycles. The topological polar surface area (TPSA) is 32.3 Å². The molecule has 3 heteroatoms. The van der Waals surface area contributed by atoms with Crippen molar-refractivity contribution in [2.24, 2.45) is 0 Å². The third-order valence-electron chi connectivity index (χ3n) is 1.23. The van der Waals surface area contributed by atoms with Crippen LogP contribution in [0.25, 0.3) is 0 Å². The number of carbonyl (C=O) groups excluding carboxylic acids is 1. The van der Waals surface area contributed by atoms with E-state index in [4.69, 9.17) is 0 Å². The predicted octanol–water partition coefficient (Wildman–Crippen LogP) is -0.769. The second-order valence-electron chi connectivity index (χ2n) is 1.64. The number of hydrogen-bond donors (Lipinski definition) is 1. The minimum atomic E-state index is 0.0613. The average Bonchev–Trinajstić information content (AvgIpc) is 1.59. The summed E-state index contributed by atoms with van der Waals surface area (Å²) in [5.41, 5.74) is 3.40. The van der Waals surface area contributed by atoms with E-state index in [9.17, 15) is 4.79 Å². The van der Waals surface area contributed by atoms with Crippen LogP contribution in [-0.2, 0) is 4.79 Å². The maximum atomic E-state index is 10.3. The maximum absolute atomic E-state index is 10.3. The zero-order chi connectivity index (χ0) is 4.85. The maximum Gasteiger partial charge on any atom is 0.287 e. The average molecular weight is 96.1 g/mol. The summed E-state index contributed by atoms with van der Waals surface area (Å²) in [6.45, 7) is 0.890. The largest absolute Gasteiger partial charge is 0.287 e. The van der Waals surface area contributed by atoms with E-state index in [0.717, 1.165) is 12.2 Å². The third-order valence-corrected chi connectivity index (χ3v) is 1.23. The lowest BCUT2D eigenvalue weighted by Crippen LogP contribution is -2.61. The minimum Gasteiger partial charge on any atom is -0.276 e. The molecule has 3 nitrogen and oxygen atoms in total. The molecule has 7 heavy (non-hydrogen) atoms. The highest BCUT2D eigenvalue weighted by molar-refractivity contribution is 5.99. The van der Waals surface area contributed by atoms with Gasteiger partial charge in [0.1, 0.15) is 5.70 Å². The van der Waals surface area contributed by atoms with Crippen molar-refractivity contribution in [1.82, 2.24) is 10.4 Å². The van der Waals surface area contributed by atoms with Crippen molar-refractivity contribution in [1.29, 1.82) is 0 Å². The SMILES string of the molecule is O=C1NN2CC=C12. The van der Waals surface area contributed by atoms with Gasteiger partial charge in [-0.2, -0.15) is 0 Å². The molecule has 1 fully saturated rings. The van der Waals surface area contributed by atoms with Gasteiger partial charge in [-0.05, 0) is 6.08 Å². The van der Waals surface area contributed by atoms with E-state index in [0.29, 0.717) is 0 Å². The number of amides is 1. The highest BCUT2D eigenvalue weighted by Crippen LogP contribution is 2.19. The van der Waals surface area contributed by atoms with Crippen LogP contribution in [-0.4, -0.2) is 17.5 Å². The Bertz CT molecular complexity index is 161. The molecule has 0 saturated carbocycles. The van der Waals surface area contributed by atoms with Gasteiger partial charge in [0.2, 0.25) is 0 Å². The third kappa shape index (κ3) is 0.177. The lowest BCUT2D eigenvalue weighted by atomic mass is 10.2. The summed E-state index contributed by atoms with van der Waals surface area (Å²) in [7, 11) is 0. The Kier molecular flexibility index (Phi) is 0.291. The molecule has 2 heterocycles. The molecule has 0 spiro atoms. The molecule has 2 aliphatic rings. The molecule has 0 radical (unpaired) electrons. The molecule has 1 saturated heterocycles. The molecule has 0 aromatic heterocycles. The number of hydrogen-bond acceptors (Lipinski definition) is 2. The second-order valence-corrected chi connectivity index (χ2v) is 1.64. The Morgan fingerprint density at radius 1 is 1.86 bits per heavy atom. The monoisotopic (exact) mass is 96.0 g/mol. The zero-order valence-electron chi connectivity index (χ0n) is 3.64. The summed E-state index contributed by atoms with van der Waals surface area (Å²) >= 11 is 0. The van der Waals surface area contributed by atoms with Crippen molar-refractivity contribution in [3.05, 3.63) is 11.8 Å². The van der Waals surface area contributed by atoms with Crippen LogP contribution in [0, 0.1) is 0 Å². The van der Waals surface area contributed by atoms with Gasteiger partial charge in [-0.3, -0.25) is 15.2 Å². The van der Waals surface area contributed by atoms with Crippen LogP contribution >= 0.6 is 0 Å². The highest BCUT2D eigenvalue weighted by atomic mass is 16.2. The van der Waals surface area contributed by atoms with Gasteiger partial charge in [-0.15, -0.1) is 0 Å². The first-order valence-electron chi connectivity index (χ1n) is 2.16. The summed E-state index contributed by atoms with van der Waals surface area (Å²) in [6.07, 6.45) is 1.90.